The van der Waals surface area contributed by atoms with Gasteiger partial charge < -0.3 is 10.2 Å². The molecule has 6 heteroatoms. The Morgan fingerprint density at radius 3 is 2.90 bits per heavy atom. The Balaban J connectivity index is 1.96. The van der Waals surface area contributed by atoms with Crippen molar-refractivity contribution in [1.82, 2.24) is 10.2 Å². The van der Waals surface area contributed by atoms with E-state index in [0.717, 1.165) is 12.0 Å². The van der Waals surface area contributed by atoms with Crippen molar-refractivity contribution in [3.8, 4) is 0 Å². The highest BCUT2D eigenvalue weighted by molar-refractivity contribution is 7.98. The highest BCUT2D eigenvalue weighted by Gasteiger charge is 2.19. The molecule has 0 bridgehead atoms. The second kappa shape index (κ2) is 6.85. The van der Waals surface area contributed by atoms with Crippen LogP contribution in [0, 0.1) is 11.7 Å². The zero-order valence-electron chi connectivity index (χ0n) is 11.5. The van der Waals surface area contributed by atoms with Crippen LogP contribution in [0.2, 0.25) is 0 Å². The number of aromatic nitrogens is 2. The largest absolute Gasteiger partial charge is 0.414 e. The van der Waals surface area contributed by atoms with Crippen molar-refractivity contribution in [1.29, 1.82) is 0 Å². The molecule has 1 aromatic heterocycles. The number of benzene rings is 1. The van der Waals surface area contributed by atoms with E-state index in [0.29, 0.717) is 16.9 Å². The minimum atomic E-state index is -0.242. The van der Waals surface area contributed by atoms with Crippen molar-refractivity contribution in [3.63, 3.8) is 0 Å². The van der Waals surface area contributed by atoms with E-state index in [9.17, 15) is 4.39 Å². The first-order valence-corrected chi connectivity index (χ1v) is 7.55. The van der Waals surface area contributed by atoms with Crippen LogP contribution in [0.15, 0.2) is 33.9 Å². The van der Waals surface area contributed by atoms with E-state index < -0.39 is 0 Å². The van der Waals surface area contributed by atoms with Gasteiger partial charge in [-0.1, -0.05) is 44.2 Å². The molecule has 0 aliphatic rings. The molecule has 108 valence electrons. The quantitative estimate of drug-likeness (QED) is 0.826. The molecule has 2 atom stereocenters. The molecular weight excluding hydrogens is 277 g/mol. The van der Waals surface area contributed by atoms with E-state index in [1.54, 1.807) is 6.07 Å². The van der Waals surface area contributed by atoms with Gasteiger partial charge in [0.25, 0.3) is 5.22 Å². The van der Waals surface area contributed by atoms with Crippen molar-refractivity contribution in [2.24, 2.45) is 11.7 Å². The lowest BCUT2D eigenvalue weighted by Crippen LogP contribution is -2.18. The molecule has 20 heavy (non-hydrogen) atoms. The van der Waals surface area contributed by atoms with Crippen LogP contribution >= 0.6 is 11.8 Å². The van der Waals surface area contributed by atoms with Crippen molar-refractivity contribution in [3.05, 3.63) is 41.5 Å². The number of rotatable bonds is 6. The molecule has 2 rings (SSSR count). The van der Waals surface area contributed by atoms with Crippen LogP contribution in [0.3, 0.4) is 0 Å². The topological polar surface area (TPSA) is 64.9 Å². The number of halogens is 1. The third-order valence-electron chi connectivity index (χ3n) is 3.22. The third kappa shape index (κ3) is 3.80. The van der Waals surface area contributed by atoms with Crippen LogP contribution in [-0.2, 0) is 5.75 Å². The Kier molecular flexibility index (Phi) is 5.14. The average Bonchev–Trinajstić information content (AvgIpc) is 2.92. The van der Waals surface area contributed by atoms with Crippen LogP contribution in [-0.4, -0.2) is 10.2 Å². The predicted octanol–water partition coefficient (Wildman–Crippen LogP) is 3.55. The number of hydrogen-bond donors (Lipinski definition) is 1. The molecule has 0 unspecified atom stereocenters. The summed E-state index contributed by atoms with van der Waals surface area (Å²) in [6.07, 6.45) is 0.954. The van der Waals surface area contributed by atoms with Gasteiger partial charge in [0.2, 0.25) is 5.89 Å². The van der Waals surface area contributed by atoms with Gasteiger partial charge >= 0.3 is 0 Å². The Morgan fingerprint density at radius 1 is 1.40 bits per heavy atom. The zero-order chi connectivity index (χ0) is 14.5. The van der Waals surface area contributed by atoms with E-state index in [4.69, 9.17) is 10.2 Å². The fourth-order valence-corrected chi connectivity index (χ4v) is 2.40. The molecule has 0 amide bonds. The van der Waals surface area contributed by atoms with Crippen LogP contribution in [0.5, 0.6) is 0 Å². The molecule has 0 radical (unpaired) electrons. The molecule has 0 saturated heterocycles. The predicted molar refractivity (Wildman–Crippen MR) is 76.6 cm³/mol. The van der Waals surface area contributed by atoms with Gasteiger partial charge in [0.1, 0.15) is 5.82 Å². The fourth-order valence-electron chi connectivity index (χ4n) is 1.68. The maximum absolute atomic E-state index is 13.1. The summed E-state index contributed by atoms with van der Waals surface area (Å²) in [4.78, 5) is 0. The van der Waals surface area contributed by atoms with Gasteiger partial charge in [-0.3, -0.25) is 0 Å². The summed E-state index contributed by atoms with van der Waals surface area (Å²) < 4.78 is 18.6. The highest BCUT2D eigenvalue weighted by atomic mass is 32.2. The second-order valence-electron chi connectivity index (χ2n) is 4.74. The van der Waals surface area contributed by atoms with Crippen molar-refractivity contribution >= 4 is 11.8 Å². The van der Waals surface area contributed by atoms with E-state index >= 15 is 0 Å². The minimum absolute atomic E-state index is 0.240. The average molecular weight is 295 g/mol. The first-order chi connectivity index (χ1) is 9.60. The van der Waals surface area contributed by atoms with Crippen molar-refractivity contribution < 1.29 is 8.81 Å². The molecule has 0 spiro atoms. The monoisotopic (exact) mass is 295 g/mol. The maximum Gasteiger partial charge on any atom is 0.276 e. The first-order valence-electron chi connectivity index (χ1n) is 6.56. The summed E-state index contributed by atoms with van der Waals surface area (Å²) in [5.74, 6) is 1.09. The summed E-state index contributed by atoms with van der Waals surface area (Å²) in [6, 6.07) is 6.22. The number of nitrogens with zero attached hydrogens (tertiary/aromatic N) is 2. The van der Waals surface area contributed by atoms with Crippen LogP contribution < -0.4 is 5.73 Å². The molecular formula is C14H18FN3OS. The van der Waals surface area contributed by atoms with Gasteiger partial charge in [-0.25, -0.2) is 4.39 Å². The summed E-state index contributed by atoms with van der Waals surface area (Å²) in [6.45, 7) is 4.12. The molecule has 1 aromatic carbocycles. The van der Waals surface area contributed by atoms with Gasteiger partial charge in [0.05, 0.1) is 6.04 Å². The van der Waals surface area contributed by atoms with E-state index in [-0.39, 0.29) is 17.8 Å². The van der Waals surface area contributed by atoms with Gasteiger partial charge in [0, 0.05) is 5.75 Å². The zero-order valence-corrected chi connectivity index (χ0v) is 12.4. The first kappa shape index (κ1) is 15.0. The van der Waals surface area contributed by atoms with Crippen LogP contribution in [0.25, 0.3) is 0 Å². The van der Waals surface area contributed by atoms with E-state index in [1.165, 1.54) is 23.9 Å². The number of nitrogens with two attached hydrogens (primary N) is 1. The Morgan fingerprint density at radius 2 is 2.20 bits per heavy atom. The maximum atomic E-state index is 13.1. The second-order valence-corrected chi connectivity index (χ2v) is 5.66. The van der Waals surface area contributed by atoms with E-state index in [2.05, 4.69) is 24.0 Å². The lowest BCUT2D eigenvalue weighted by Gasteiger charge is -2.13. The molecule has 0 aliphatic carbocycles. The van der Waals surface area contributed by atoms with Crippen LogP contribution in [0.4, 0.5) is 4.39 Å². The standard InChI is InChI=1S/C14H18FN3OS/c1-3-9(2)12(16)13-17-18-14(19-13)20-8-10-5-4-6-11(15)7-10/h4-7,9,12H,3,8,16H2,1-2H3/t9-,12+/m1/s1. The molecule has 1 heterocycles. The summed E-state index contributed by atoms with van der Waals surface area (Å²) in [7, 11) is 0. The SMILES string of the molecule is CC[C@@H](C)[C@H](N)c1nnc(SCc2cccc(F)c2)o1. The lowest BCUT2D eigenvalue weighted by molar-refractivity contribution is 0.333. The van der Waals surface area contributed by atoms with Gasteiger partial charge in [-0.15, -0.1) is 10.2 Å². The Hall–Kier alpha value is -1.40. The number of thioether (sulfide) groups is 1. The molecule has 0 aliphatic heterocycles. The van der Waals surface area contributed by atoms with E-state index in [1.807, 2.05) is 6.07 Å². The molecule has 4 nitrogen and oxygen atoms in total. The smallest absolute Gasteiger partial charge is 0.276 e. The molecule has 0 fully saturated rings. The summed E-state index contributed by atoms with van der Waals surface area (Å²) in [5, 5.41) is 8.40. The van der Waals surface area contributed by atoms with Gasteiger partial charge in [0.15, 0.2) is 0 Å². The molecule has 2 aromatic rings. The fraction of sp³-hybridized carbons (Fsp3) is 0.429. The molecule has 2 N–H and O–H groups in total. The highest BCUT2D eigenvalue weighted by Crippen LogP contribution is 2.26. The van der Waals surface area contributed by atoms with Crippen LogP contribution in [0.1, 0.15) is 37.8 Å². The Labute approximate surface area is 122 Å². The van der Waals surface area contributed by atoms with Crippen molar-refractivity contribution in [2.75, 3.05) is 0 Å². The summed E-state index contributed by atoms with van der Waals surface area (Å²) in [5.41, 5.74) is 6.91. The van der Waals surface area contributed by atoms with Gasteiger partial charge in [-0.2, -0.15) is 0 Å². The minimum Gasteiger partial charge on any atom is -0.414 e. The Bertz CT molecular complexity index is 561. The number of hydrogen-bond acceptors (Lipinski definition) is 5. The molecule has 0 saturated carbocycles. The normalized spacial score (nSPS) is 14.2. The lowest BCUT2D eigenvalue weighted by atomic mass is 10.0. The van der Waals surface area contributed by atoms with Crippen molar-refractivity contribution in [2.45, 2.75) is 37.3 Å². The third-order valence-corrected chi connectivity index (χ3v) is 4.11. The summed E-state index contributed by atoms with van der Waals surface area (Å²) >= 11 is 1.38. The van der Waals surface area contributed by atoms with Gasteiger partial charge in [-0.05, 0) is 23.6 Å².